The van der Waals surface area contributed by atoms with E-state index in [-0.39, 0.29) is 36.8 Å². The van der Waals surface area contributed by atoms with Gasteiger partial charge in [-0.3, -0.25) is 0 Å². The van der Waals surface area contributed by atoms with Crippen molar-refractivity contribution in [3.8, 4) is 0 Å². The smallest absolute Gasteiger partial charge is 0.126 e. The van der Waals surface area contributed by atoms with Crippen molar-refractivity contribution >= 4 is 24.8 Å². The van der Waals surface area contributed by atoms with Crippen LogP contribution in [0.1, 0.15) is 43.4 Å². The standard InChI is InChI=1S/C22H28F2N2O.2ClH/c1-3-15-5-4-6-17(9-15)22(7-8-22)26-14-20(27)21(2,25)13-16-10-18(23)12-19(24)11-16;;/h4-6,9-12,20,26-27H,3,7-8,13-14,25H2,1-2H3;2*1H/t20-,21+;;/m1../s1. The summed E-state index contributed by atoms with van der Waals surface area (Å²) < 4.78 is 26.8. The number of aliphatic hydroxyl groups excluding tert-OH is 1. The van der Waals surface area contributed by atoms with Gasteiger partial charge >= 0.3 is 0 Å². The van der Waals surface area contributed by atoms with E-state index in [1.165, 1.54) is 23.3 Å². The monoisotopic (exact) mass is 446 g/mol. The fourth-order valence-electron chi connectivity index (χ4n) is 3.58. The SMILES string of the molecule is CCc1cccc(C2(NC[C@@H](O)[C@@](C)(N)Cc3cc(F)cc(F)c3)CC2)c1.Cl.Cl. The molecule has 1 aliphatic rings. The van der Waals surface area contributed by atoms with Gasteiger partial charge < -0.3 is 16.2 Å². The Labute approximate surface area is 183 Å². The first-order chi connectivity index (χ1) is 12.7. The van der Waals surface area contributed by atoms with Crippen molar-refractivity contribution in [2.24, 2.45) is 5.73 Å². The molecule has 3 nitrogen and oxygen atoms in total. The van der Waals surface area contributed by atoms with Gasteiger partial charge in [-0.25, -0.2) is 8.78 Å². The summed E-state index contributed by atoms with van der Waals surface area (Å²) in [5, 5.41) is 14.1. The van der Waals surface area contributed by atoms with Gasteiger partial charge in [-0.2, -0.15) is 0 Å². The van der Waals surface area contributed by atoms with Crippen LogP contribution in [-0.4, -0.2) is 23.3 Å². The van der Waals surface area contributed by atoms with Gasteiger partial charge in [0.1, 0.15) is 11.6 Å². The summed E-state index contributed by atoms with van der Waals surface area (Å²) in [6.45, 7) is 4.16. The van der Waals surface area contributed by atoms with Crippen LogP contribution in [0.2, 0.25) is 0 Å². The first kappa shape index (κ1) is 25.8. The number of hydrogen-bond donors (Lipinski definition) is 3. The zero-order chi connectivity index (χ0) is 19.7. The maximum absolute atomic E-state index is 13.4. The molecule has 2 atom stereocenters. The lowest BCUT2D eigenvalue weighted by molar-refractivity contribution is 0.0885. The van der Waals surface area contributed by atoms with E-state index in [2.05, 4.69) is 36.5 Å². The molecule has 2 aromatic rings. The van der Waals surface area contributed by atoms with Gasteiger partial charge in [0.05, 0.1) is 6.10 Å². The Kier molecular flexibility index (Phi) is 9.06. The Hall–Kier alpha value is -1.24. The van der Waals surface area contributed by atoms with E-state index in [0.717, 1.165) is 25.3 Å². The number of aryl methyl sites for hydroxylation is 1. The lowest BCUT2D eigenvalue weighted by atomic mass is 9.87. The number of halogens is 4. The molecule has 3 rings (SSSR count). The number of benzene rings is 2. The Balaban J connectivity index is 0.00000210. The summed E-state index contributed by atoms with van der Waals surface area (Å²) in [7, 11) is 0. The summed E-state index contributed by atoms with van der Waals surface area (Å²) in [5.74, 6) is -1.28. The molecular weight excluding hydrogens is 417 g/mol. The molecule has 0 aliphatic heterocycles. The lowest BCUT2D eigenvalue weighted by Gasteiger charge is -2.32. The molecular formula is C22H30Cl2F2N2O. The second-order valence-electron chi connectivity index (χ2n) is 7.99. The van der Waals surface area contributed by atoms with Crippen molar-refractivity contribution in [2.75, 3.05) is 6.54 Å². The van der Waals surface area contributed by atoms with E-state index >= 15 is 0 Å². The number of hydrogen-bond acceptors (Lipinski definition) is 3. The minimum absolute atomic E-state index is 0. The largest absolute Gasteiger partial charge is 0.390 e. The summed E-state index contributed by atoms with van der Waals surface area (Å²) in [4.78, 5) is 0. The Morgan fingerprint density at radius 3 is 2.28 bits per heavy atom. The third-order valence-corrected chi connectivity index (χ3v) is 5.54. The molecule has 162 valence electrons. The third kappa shape index (κ3) is 6.37. The Morgan fingerprint density at radius 2 is 1.72 bits per heavy atom. The van der Waals surface area contributed by atoms with Crippen LogP contribution in [0.3, 0.4) is 0 Å². The molecule has 1 aliphatic carbocycles. The molecule has 0 spiro atoms. The molecule has 7 heteroatoms. The molecule has 0 unspecified atom stereocenters. The van der Waals surface area contributed by atoms with E-state index in [9.17, 15) is 13.9 Å². The molecule has 0 aromatic heterocycles. The molecule has 0 heterocycles. The Bertz CT molecular complexity index is 793. The second kappa shape index (κ2) is 10.2. The fourth-order valence-corrected chi connectivity index (χ4v) is 3.58. The topological polar surface area (TPSA) is 58.3 Å². The maximum atomic E-state index is 13.4. The summed E-state index contributed by atoms with van der Waals surface area (Å²) in [6.07, 6.45) is 2.35. The van der Waals surface area contributed by atoms with Crippen molar-refractivity contribution < 1.29 is 13.9 Å². The average Bonchev–Trinajstić information content (AvgIpc) is 3.39. The van der Waals surface area contributed by atoms with Gasteiger partial charge in [0.25, 0.3) is 0 Å². The van der Waals surface area contributed by atoms with Crippen molar-refractivity contribution in [1.82, 2.24) is 5.32 Å². The minimum Gasteiger partial charge on any atom is -0.390 e. The van der Waals surface area contributed by atoms with Crippen molar-refractivity contribution in [3.05, 3.63) is 70.8 Å². The molecule has 29 heavy (non-hydrogen) atoms. The van der Waals surface area contributed by atoms with Gasteiger partial charge in [0.15, 0.2) is 0 Å². The molecule has 2 aromatic carbocycles. The molecule has 0 saturated heterocycles. The van der Waals surface area contributed by atoms with Crippen LogP contribution in [0.5, 0.6) is 0 Å². The fraction of sp³-hybridized carbons (Fsp3) is 0.455. The van der Waals surface area contributed by atoms with Gasteiger partial charge in [0, 0.05) is 23.7 Å². The van der Waals surface area contributed by atoms with Crippen LogP contribution in [0.15, 0.2) is 42.5 Å². The van der Waals surface area contributed by atoms with Crippen molar-refractivity contribution in [1.29, 1.82) is 0 Å². The molecule has 4 N–H and O–H groups in total. The second-order valence-corrected chi connectivity index (χ2v) is 7.99. The average molecular weight is 447 g/mol. The molecule has 0 bridgehead atoms. The highest BCUT2D eigenvalue weighted by Gasteiger charge is 2.45. The van der Waals surface area contributed by atoms with E-state index in [0.29, 0.717) is 12.1 Å². The molecule has 1 saturated carbocycles. The number of rotatable bonds is 8. The quantitative estimate of drug-likeness (QED) is 0.567. The minimum atomic E-state index is -1.01. The maximum Gasteiger partial charge on any atom is 0.126 e. The lowest BCUT2D eigenvalue weighted by Crippen LogP contribution is -2.55. The number of nitrogens with one attached hydrogen (secondary N) is 1. The van der Waals surface area contributed by atoms with Crippen LogP contribution < -0.4 is 11.1 Å². The summed E-state index contributed by atoms with van der Waals surface area (Å²) >= 11 is 0. The number of nitrogens with two attached hydrogens (primary N) is 1. The summed E-state index contributed by atoms with van der Waals surface area (Å²) in [6, 6.07) is 11.9. The number of aliphatic hydroxyl groups is 1. The van der Waals surface area contributed by atoms with Gasteiger partial charge in [0.2, 0.25) is 0 Å². The Morgan fingerprint density at radius 1 is 1.10 bits per heavy atom. The van der Waals surface area contributed by atoms with Crippen LogP contribution in [0, 0.1) is 11.6 Å². The van der Waals surface area contributed by atoms with E-state index in [4.69, 9.17) is 5.73 Å². The first-order valence-electron chi connectivity index (χ1n) is 9.50. The van der Waals surface area contributed by atoms with Crippen LogP contribution >= 0.6 is 24.8 Å². The molecule has 0 radical (unpaired) electrons. The van der Waals surface area contributed by atoms with E-state index in [1.807, 2.05) is 0 Å². The van der Waals surface area contributed by atoms with Gasteiger partial charge in [-0.05, 0) is 61.4 Å². The van der Waals surface area contributed by atoms with Crippen molar-refractivity contribution in [3.63, 3.8) is 0 Å². The van der Waals surface area contributed by atoms with Crippen LogP contribution in [-0.2, 0) is 18.4 Å². The van der Waals surface area contributed by atoms with Crippen LogP contribution in [0.4, 0.5) is 8.78 Å². The molecule has 0 amide bonds. The first-order valence-corrected chi connectivity index (χ1v) is 9.50. The zero-order valence-corrected chi connectivity index (χ0v) is 18.4. The summed E-state index contributed by atoms with van der Waals surface area (Å²) in [5.41, 5.74) is 8.15. The third-order valence-electron chi connectivity index (χ3n) is 5.54. The zero-order valence-electron chi connectivity index (χ0n) is 16.8. The highest BCUT2D eigenvalue weighted by Crippen LogP contribution is 2.45. The van der Waals surface area contributed by atoms with Crippen molar-refractivity contribution in [2.45, 2.75) is 56.7 Å². The van der Waals surface area contributed by atoms with E-state index in [1.54, 1.807) is 6.92 Å². The molecule has 1 fully saturated rings. The predicted molar refractivity (Wildman–Crippen MR) is 118 cm³/mol. The highest BCUT2D eigenvalue weighted by molar-refractivity contribution is 5.85. The van der Waals surface area contributed by atoms with E-state index < -0.39 is 23.3 Å². The van der Waals surface area contributed by atoms with Gasteiger partial charge in [-0.15, -0.1) is 24.8 Å². The van der Waals surface area contributed by atoms with Crippen LogP contribution in [0.25, 0.3) is 0 Å². The normalized spacial score (nSPS) is 17.4. The predicted octanol–water partition coefficient (Wildman–Crippen LogP) is 4.27. The van der Waals surface area contributed by atoms with Gasteiger partial charge in [-0.1, -0.05) is 31.2 Å². The highest BCUT2D eigenvalue weighted by atomic mass is 35.5.